The van der Waals surface area contributed by atoms with Gasteiger partial charge in [-0.05, 0) is 36.8 Å². The van der Waals surface area contributed by atoms with Crippen molar-refractivity contribution in [1.82, 2.24) is 10.7 Å². The van der Waals surface area contributed by atoms with E-state index in [1.165, 1.54) is 0 Å². The van der Waals surface area contributed by atoms with Gasteiger partial charge in [0.25, 0.3) is 0 Å². The van der Waals surface area contributed by atoms with Gasteiger partial charge in [0, 0.05) is 0 Å². The predicted molar refractivity (Wildman–Crippen MR) is 69.7 cm³/mol. The summed E-state index contributed by atoms with van der Waals surface area (Å²) in [7, 11) is 0. The van der Waals surface area contributed by atoms with Crippen LogP contribution in [-0.4, -0.2) is 5.11 Å². The third-order valence-corrected chi connectivity index (χ3v) is 2.41. The van der Waals surface area contributed by atoms with E-state index in [0.29, 0.717) is 5.11 Å². The third kappa shape index (κ3) is 2.24. The highest BCUT2D eigenvalue weighted by atomic mass is 32.1. The average Bonchev–Trinajstić information content (AvgIpc) is 2.69. The number of allylic oxidation sites excluding steroid dienone is 1. The van der Waals surface area contributed by atoms with Crippen molar-refractivity contribution in [2.75, 3.05) is 5.01 Å². The zero-order chi connectivity index (χ0) is 11.4. The lowest BCUT2D eigenvalue weighted by atomic mass is 10.3. The Kier molecular flexibility index (Phi) is 3.25. The average molecular weight is 231 g/mol. The summed E-state index contributed by atoms with van der Waals surface area (Å²) in [5.74, 6) is 0.788. The molecule has 4 heteroatoms. The van der Waals surface area contributed by atoms with Gasteiger partial charge < -0.3 is 5.32 Å². The van der Waals surface area contributed by atoms with Gasteiger partial charge in [0.2, 0.25) is 0 Å². The fourth-order valence-electron chi connectivity index (χ4n) is 1.38. The Morgan fingerprint density at radius 1 is 1.38 bits per heavy atom. The lowest BCUT2D eigenvalue weighted by Crippen LogP contribution is -2.33. The number of nitrogens with one attached hydrogen (secondary N) is 2. The van der Waals surface area contributed by atoms with E-state index >= 15 is 0 Å². The van der Waals surface area contributed by atoms with Gasteiger partial charge in [-0.1, -0.05) is 30.9 Å². The highest BCUT2D eigenvalue weighted by Gasteiger charge is 2.20. The maximum atomic E-state index is 5.23. The molecule has 1 heterocycles. The maximum Gasteiger partial charge on any atom is 0.198 e. The van der Waals surface area contributed by atoms with Crippen LogP contribution in [0.1, 0.15) is 13.3 Å². The molecule has 2 N–H and O–H groups in total. The van der Waals surface area contributed by atoms with Crippen LogP contribution in [0.5, 0.6) is 0 Å². The molecule has 1 aromatic carbocycles. The molecule has 0 saturated carbocycles. The molecule has 0 aliphatic carbocycles. The Labute approximate surface area is 100 Å². The Morgan fingerprint density at radius 3 is 2.81 bits per heavy atom. The summed E-state index contributed by atoms with van der Waals surface area (Å²) in [4.78, 5) is 0. The van der Waals surface area contributed by atoms with Crippen molar-refractivity contribution in [2.24, 2.45) is 0 Å². The zero-order valence-corrected chi connectivity index (χ0v) is 9.84. The molecule has 3 nitrogen and oxygen atoms in total. The van der Waals surface area contributed by atoms with E-state index in [1.807, 2.05) is 41.4 Å². The van der Waals surface area contributed by atoms with Crippen molar-refractivity contribution >= 4 is 23.0 Å². The minimum absolute atomic E-state index is 0.637. The minimum atomic E-state index is 0.637. The van der Waals surface area contributed by atoms with E-state index in [0.717, 1.165) is 17.9 Å². The van der Waals surface area contributed by atoms with Gasteiger partial charge >= 0.3 is 0 Å². The molecule has 0 unspecified atom stereocenters. The third-order valence-electron chi connectivity index (χ3n) is 2.12. The normalized spacial score (nSPS) is 14.2. The Bertz CT molecular complexity index is 447. The van der Waals surface area contributed by atoms with Crippen molar-refractivity contribution in [2.45, 2.75) is 13.3 Å². The number of benzene rings is 1. The van der Waals surface area contributed by atoms with E-state index in [-0.39, 0.29) is 0 Å². The van der Waals surface area contributed by atoms with Crippen LogP contribution in [-0.2, 0) is 0 Å². The van der Waals surface area contributed by atoms with Gasteiger partial charge in [-0.3, -0.25) is 5.43 Å². The van der Waals surface area contributed by atoms with E-state index in [9.17, 15) is 0 Å². The molecular formula is C12H13N3S. The Morgan fingerprint density at radius 2 is 2.12 bits per heavy atom. The minimum Gasteiger partial charge on any atom is -0.309 e. The summed E-state index contributed by atoms with van der Waals surface area (Å²) in [6.45, 7) is 2.07. The number of nitrogens with zero attached hydrogens (tertiary/aromatic N) is 1. The van der Waals surface area contributed by atoms with Crippen molar-refractivity contribution in [3.8, 4) is 0 Å². The van der Waals surface area contributed by atoms with Gasteiger partial charge in [-0.2, -0.15) is 0 Å². The SMILES string of the molecule is CCC=C=C1NC(=S)N(c2ccccc2)N1. The number of thiocarbonyl (C=S) groups is 1. The second-order valence-electron chi connectivity index (χ2n) is 3.34. The number of para-hydroxylation sites is 1. The summed E-state index contributed by atoms with van der Waals surface area (Å²) in [5.41, 5.74) is 7.26. The summed E-state index contributed by atoms with van der Waals surface area (Å²) in [5, 5.41) is 5.52. The van der Waals surface area contributed by atoms with Crippen LogP contribution in [0.15, 0.2) is 48.0 Å². The molecule has 82 valence electrons. The molecular weight excluding hydrogens is 218 g/mol. The Balaban J connectivity index is 2.21. The first kappa shape index (κ1) is 10.7. The van der Waals surface area contributed by atoms with Crippen molar-refractivity contribution in [1.29, 1.82) is 0 Å². The quantitative estimate of drug-likeness (QED) is 0.603. The lowest BCUT2D eigenvalue weighted by Gasteiger charge is -2.15. The molecule has 0 amide bonds. The number of hydrogen-bond donors (Lipinski definition) is 2. The van der Waals surface area contributed by atoms with Crippen LogP contribution in [0.3, 0.4) is 0 Å². The fraction of sp³-hybridized carbons (Fsp3) is 0.167. The first-order chi connectivity index (χ1) is 7.81. The summed E-state index contributed by atoms with van der Waals surface area (Å²) < 4.78 is 0. The predicted octanol–water partition coefficient (Wildman–Crippen LogP) is 2.29. The number of anilines is 1. The monoisotopic (exact) mass is 231 g/mol. The Hall–Kier alpha value is -1.77. The fourth-order valence-corrected chi connectivity index (χ4v) is 1.64. The summed E-state index contributed by atoms with van der Waals surface area (Å²) >= 11 is 5.23. The van der Waals surface area contributed by atoms with E-state index in [1.54, 1.807) is 0 Å². The van der Waals surface area contributed by atoms with Crippen LogP contribution >= 0.6 is 12.2 Å². The molecule has 0 bridgehead atoms. The molecule has 2 rings (SSSR count). The molecule has 1 aromatic rings. The molecule has 1 aliphatic rings. The first-order valence-electron chi connectivity index (χ1n) is 5.19. The first-order valence-corrected chi connectivity index (χ1v) is 5.60. The van der Waals surface area contributed by atoms with E-state index in [4.69, 9.17) is 12.2 Å². The number of hydrogen-bond acceptors (Lipinski definition) is 2. The summed E-state index contributed by atoms with van der Waals surface area (Å²) in [6.07, 6.45) is 2.90. The molecule has 1 aliphatic heterocycles. The van der Waals surface area contributed by atoms with Crippen molar-refractivity contribution in [3.05, 3.63) is 48.0 Å². The van der Waals surface area contributed by atoms with Crippen LogP contribution in [0.25, 0.3) is 0 Å². The largest absolute Gasteiger partial charge is 0.309 e. The molecule has 16 heavy (non-hydrogen) atoms. The molecule has 0 aromatic heterocycles. The smallest absolute Gasteiger partial charge is 0.198 e. The number of rotatable bonds is 2. The maximum absolute atomic E-state index is 5.23. The van der Waals surface area contributed by atoms with Crippen LogP contribution in [0, 0.1) is 0 Å². The van der Waals surface area contributed by atoms with E-state index < -0.39 is 0 Å². The van der Waals surface area contributed by atoms with Gasteiger partial charge in [-0.25, -0.2) is 5.01 Å². The molecule has 0 atom stereocenters. The van der Waals surface area contributed by atoms with Gasteiger partial charge in [0.05, 0.1) is 5.69 Å². The molecule has 1 saturated heterocycles. The van der Waals surface area contributed by atoms with Gasteiger partial charge in [0.15, 0.2) is 10.9 Å². The second-order valence-corrected chi connectivity index (χ2v) is 3.73. The van der Waals surface area contributed by atoms with Crippen LogP contribution in [0.4, 0.5) is 5.69 Å². The lowest BCUT2D eigenvalue weighted by molar-refractivity contribution is 0.893. The second kappa shape index (κ2) is 4.84. The van der Waals surface area contributed by atoms with Gasteiger partial charge in [-0.15, -0.1) is 0 Å². The highest BCUT2D eigenvalue weighted by Crippen LogP contribution is 2.14. The summed E-state index contributed by atoms with van der Waals surface area (Å²) in [6, 6.07) is 9.91. The van der Waals surface area contributed by atoms with Gasteiger partial charge in [0.1, 0.15) is 0 Å². The highest BCUT2D eigenvalue weighted by molar-refractivity contribution is 7.80. The zero-order valence-electron chi connectivity index (χ0n) is 9.03. The standard InChI is InChI=1S/C12H13N3S/c1-2-3-9-11-13-12(16)15(14-11)10-7-5-4-6-8-10/h3-8,14H,2H2,1H3,(H,13,16). The van der Waals surface area contributed by atoms with Crippen molar-refractivity contribution < 1.29 is 0 Å². The van der Waals surface area contributed by atoms with Crippen molar-refractivity contribution in [3.63, 3.8) is 0 Å². The molecule has 0 radical (unpaired) electrons. The number of hydrazine groups is 1. The van der Waals surface area contributed by atoms with E-state index in [2.05, 4.69) is 23.4 Å². The molecule has 0 spiro atoms. The van der Waals surface area contributed by atoms with Crippen LogP contribution in [0.2, 0.25) is 0 Å². The van der Waals surface area contributed by atoms with Crippen LogP contribution < -0.4 is 15.8 Å². The topological polar surface area (TPSA) is 27.3 Å². The molecule has 1 fully saturated rings.